The fourth-order valence-corrected chi connectivity index (χ4v) is 8.83. The molecule has 0 atom stereocenters. The molecule has 0 aliphatic carbocycles. The van der Waals surface area contributed by atoms with Crippen LogP contribution in [0.15, 0.2) is 24.3 Å². The Balaban J connectivity index is 3.06. The van der Waals surface area contributed by atoms with E-state index in [-0.39, 0.29) is 0 Å². The fourth-order valence-electron chi connectivity index (χ4n) is 3.20. The van der Waals surface area contributed by atoms with Gasteiger partial charge in [-0.2, -0.15) is 0 Å². The van der Waals surface area contributed by atoms with Crippen molar-refractivity contribution in [3.63, 3.8) is 0 Å². The highest BCUT2D eigenvalue weighted by Gasteiger charge is 2.46. The molecule has 1 aromatic rings. The van der Waals surface area contributed by atoms with Gasteiger partial charge in [0.25, 0.3) is 8.32 Å². The first-order valence-corrected chi connectivity index (χ1v) is 10.4. The van der Waals surface area contributed by atoms with E-state index in [0.717, 1.165) is 11.1 Å². The topological polar surface area (TPSA) is 9.23 Å². The molecule has 0 aromatic heterocycles. The summed E-state index contributed by atoms with van der Waals surface area (Å²) in [5, 5.41) is 0.897. The number of alkyl halides is 1. The van der Waals surface area contributed by atoms with Gasteiger partial charge in [0.1, 0.15) is 5.75 Å². The third kappa shape index (κ3) is 3.63. The van der Waals surface area contributed by atoms with Crippen molar-refractivity contribution in [3.05, 3.63) is 29.8 Å². The highest BCUT2D eigenvalue weighted by molar-refractivity contribution is 9.08. The summed E-state index contributed by atoms with van der Waals surface area (Å²) in [5.74, 6) is 1.03. The first kappa shape index (κ1) is 16.8. The van der Waals surface area contributed by atoms with E-state index in [1.807, 2.05) is 0 Å². The van der Waals surface area contributed by atoms with E-state index in [0.29, 0.717) is 16.6 Å². The summed E-state index contributed by atoms with van der Waals surface area (Å²) in [4.78, 5) is 0. The lowest BCUT2D eigenvalue weighted by atomic mass is 10.2. The highest BCUT2D eigenvalue weighted by Crippen LogP contribution is 2.42. The predicted octanol–water partition coefficient (Wildman–Crippen LogP) is 6.14. The smallest absolute Gasteiger partial charge is 0.258 e. The molecule has 0 N–H and O–H groups in total. The van der Waals surface area contributed by atoms with Crippen molar-refractivity contribution in [2.24, 2.45) is 0 Å². The maximum atomic E-state index is 6.61. The Bertz CT molecular complexity index is 362. The van der Waals surface area contributed by atoms with Gasteiger partial charge in [0, 0.05) is 5.33 Å². The zero-order valence-electron chi connectivity index (χ0n) is 13.0. The van der Waals surface area contributed by atoms with Crippen LogP contribution < -0.4 is 4.43 Å². The minimum Gasteiger partial charge on any atom is -0.543 e. The van der Waals surface area contributed by atoms with Crippen LogP contribution >= 0.6 is 15.9 Å². The largest absolute Gasteiger partial charge is 0.543 e. The zero-order valence-corrected chi connectivity index (χ0v) is 15.6. The Kier molecular flexibility index (Phi) is 6.12. The second-order valence-corrected chi connectivity index (χ2v) is 12.1. The van der Waals surface area contributed by atoms with Crippen LogP contribution in [0.4, 0.5) is 0 Å². The van der Waals surface area contributed by atoms with Crippen molar-refractivity contribution in [1.82, 2.24) is 0 Å². The van der Waals surface area contributed by atoms with Crippen molar-refractivity contribution in [3.8, 4) is 5.75 Å². The molecule has 0 saturated carbocycles. The normalized spacial score (nSPS) is 12.5. The number of rotatable bonds is 6. The maximum absolute atomic E-state index is 6.61. The number of halogens is 1. The number of benzene rings is 1. The fraction of sp³-hybridized carbons (Fsp3) is 0.625. The molecule has 0 aliphatic rings. The summed E-state index contributed by atoms with van der Waals surface area (Å²) in [5.41, 5.74) is 3.13. The molecule has 0 saturated heterocycles. The van der Waals surface area contributed by atoms with Crippen molar-refractivity contribution >= 4 is 24.2 Å². The Labute approximate surface area is 128 Å². The lowest BCUT2D eigenvalue weighted by Gasteiger charge is -2.42. The van der Waals surface area contributed by atoms with Crippen LogP contribution in [0.3, 0.4) is 0 Å². The average Bonchev–Trinajstić information content (AvgIpc) is 2.35. The van der Waals surface area contributed by atoms with Crippen molar-refractivity contribution in [2.45, 2.75) is 63.5 Å². The van der Waals surface area contributed by atoms with E-state index >= 15 is 0 Å². The van der Waals surface area contributed by atoms with Crippen molar-refractivity contribution < 1.29 is 4.43 Å². The summed E-state index contributed by atoms with van der Waals surface area (Å²) < 4.78 is 6.61. The Morgan fingerprint density at radius 2 is 1.32 bits per heavy atom. The summed E-state index contributed by atoms with van der Waals surface area (Å²) in [7, 11) is -1.81. The molecule has 19 heavy (non-hydrogen) atoms. The summed E-state index contributed by atoms with van der Waals surface area (Å²) in [6.07, 6.45) is 0. The third-order valence-corrected chi connectivity index (χ3v) is 10.7. The molecule has 1 aromatic carbocycles. The van der Waals surface area contributed by atoms with Gasteiger partial charge in [0.2, 0.25) is 0 Å². The lowest BCUT2D eigenvalue weighted by molar-refractivity contribution is 0.479. The minimum atomic E-state index is -1.81. The van der Waals surface area contributed by atoms with Crippen LogP contribution in [0.5, 0.6) is 5.75 Å². The van der Waals surface area contributed by atoms with E-state index in [2.05, 4.69) is 81.7 Å². The quantitative estimate of drug-likeness (QED) is 0.445. The molecule has 0 unspecified atom stereocenters. The highest BCUT2D eigenvalue weighted by atomic mass is 79.9. The molecule has 108 valence electrons. The minimum absolute atomic E-state index is 0.614. The van der Waals surface area contributed by atoms with Gasteiger partial charge in [-0.15, -0.1) is 0 Å². The molecule has 1 rings (SSSR count). The summed E-state index contributed by atoms with van der Waals surface area (Å²) in [6, 6.07) is 8.52. The molecule has 0 aliphatic heterocycles. The molecule has 0 heterocycles. The molecule has 0 radical (unpaired) electrons. The molecule has 0 bridgehead atoms. The lowest BCUT2D eigenvalue weighted by Crippen LogP contribution is -2.50. The molecular weight excluding hydrogens is 316 g/mol. The van der Waals surface area contributed by atoms with Gasteiger partial charge in [-0.1, -0.05) is 69.6 Å². The molecule has 3 heteroatoms. The van der Waals surface area contributed by atoms with Gasteiger partial charge >= 0.3 is 0 Å². The SMILES string of the molecule is CC(C)[Si](Oc1ccc(CBr)cc1)(C(C)C)C(C)C. The van der Waals surface area contributed by atoms with E-state index < -0.39 is 8.32 Å². The second-order valence-electron chi connectivity index (χ2n) is 6.20. The third-order valence-electron chi connectivity index (χ3n) is 4.08. The average molecular weight is 343 g/mol. The molecule has 0 fully saturated rings. The van der Waals surface area contributed by atoms with Crippen LogP contribution in [0.25, 0.3) is 0 Å². The summed E-state index contributed by atoms with van der Waals surface area (Å²) in [6.45, 7) is 13.9. The molecule has 0 amide bonds. The molecule has 0 spiro atoms. The number of hydrogen-bond acceptors (Lipinski definition) is 1. The van der Waals surface area contributed by atoms with Gasteiger partial charge in [0.15, 0.2) is 0 Å². The second kappa shape index (κ2) is 6.94. The molecular formula is C16H27BrOSi. The van der Waals surface area contributed by atoms with Gasteiger partial charge in [0.05, 0.1) is 0 Å². The van der Waals surface area contributed by atoms with Gasteiger partial charge in [-0.25, -0.2) is 0 Å². The van der Waals surface area contributed by atoms with E-state index in [1.54, 1.807) is 0 Å². The summed E-state index contributed by atoms with van der Waals surface area (Å²) >= 11 is 3.48. The van der Waals surface area contributed by atoms with Crippen LogP contribution in [-0.2, 0) is 5.33 Å². The Hall–Kier alpha value is -0.283. The van der Waals surface area contributed by atoms with E-state index in [1.165, 1.54) is 5.56 Å². The molecule has 1 nitrogen and oxygen atoms in total. The van der Waals surface area contributed by atoms with Gasteiger partial charge < -0.3 is 4.43 Å². The first-order chi connectivity index (χ1) is 8.84. The first-order valence-electron chi connectivity index (χ1n) is 7.18. The van der Waals surface area contributed by atoms with Crippen LogP contribution in [0.2, 0.25) is 16.6 Å². The van der Waals surface area contributed by atoms with Gasteiger partial charge in [-0.05, 0) is 34.3 Å². The Morgan fingerprint density at radius 1 is 0.895 bits per heavy atom. The van der Waals surface area contributed by atoms with Crippen LogP contribution in [0.1, 0.15) is 47.1 Å². The maximum Gasteiger partial charge on any atom is 0.258 e. The standard InChI is InChI=1S/C16H27BrOSi/c1-12(2)19(13(3)4,14(5)6)18-16-9-7-15(11-17)8-10-16/h7-10,12-14H,11H2,1-6H3. The van der Waals surface area contributed by atoms with E-state index in [9.17, 15) is 0 Å². The van der Waals surface area contributed by atoms with Crippen LogP contribution in [0, 0.1) is 0 Å². The van der Waals surface area contributed by atoms with E-state index in [4.69, 9.17) is 4.43 Å². The van der Waals surface area contributed by atoms with Crippen molar-refractivity contribution in [2.75, 3.05) is 0 Å². The number of hydrogen-bond donors (Lipinski definition) is 0. The predicted molar refractivity (Wildman–Crippen MR) is 90.7 cm³/mol. The van der Waals surface area contributed by atoms with Gasteiger partial charge in [-0.3, -0.25) is 0 Å². The van der Waals surface area contributed by atoms with Crippen molar-refractivity contribution in [1.29, 1.82) is 0 Å². The monoisotopic (exact) mass is 342 g/mol. The Morgan fingerprint density at radius 3 is 1.63 bits per heavy atom. The zero-order chi connectivity index (χ0) is 14.6. The van der Waals surface area contributed by atoms with Crippen LogP contribution in [-0.4, -0.2) is 8.32 Å².